The van der Waals surface area contributed by atoms with Crippen LogP contribution >= 0.6 is 0 Å². The van der Waals surface area contributed by atoms with Gasteiger partial charge in [-0.25, -0.2) is 0 Å². The number of hydrogen-bond donors (Lipinski definition) is 0. The molecule has 62 valence electrons. The third-order valence-electron chi connectivity index (χ3n) is 2.40. The van der Waals surface area contributed by atoms with Gasteiger partial charge in [0.05, 0.1) is 0 Å². The smallest absolute Gasteiger partial charge is 0.0217 e. The van der Waals surface area contributed by atoms with E-state index in [-0.39, 0.29) is 0 Å². The van der Waals surface area contributed by atoms with Gasteiger partial charge in [0.15, 0.2) is 0 Å². The Morgan fingerprint density at radius 1 is 1.36 bits per heavy atom. The van der Waals surface area contributed by atoms with Gasteiger partial charge in [-0.3, -0.25) is 0 Å². The topological polar surface area (TPSA) is 3.24 Å². The predicted octanol–water partition coefficient (Wildman–Crippen LogP) is 1.60. The Balaban J connectivity index is 2.58. The zero-order chi connectivity index (χ0) is 8.27. The second-order valence-electron chi connectivity index (χ2n) is 3.60. The van der Waals surface area contributed by atoms with Gasteiger partial charge in [-0.2, -0.15) is 0 Å². The zero-order valence-corrected chi connectivity index (χ0v) is 7.72. The summed E-state index contributed by atoms with van der Waals surface area (Å²) in [4.78, 5) is 2.37. The Kier molecular flexibility index (Phi) is 2.96. The maximum absolute atomic E-state index is 3.28. The Bertz CT molecular complexity index is 175. The molecule has 0 saturated carbocycles. The molecule has 0 aromatic heterocycles. The van der Waals surface area contributed by atoms with Crippen LogP contribution < -0.4 is 0 Å². The van der Waals surface area contributed by atoms with Crippen molar-refractivity contribution < 1.29 is 0 Å². The van der Waals surface area contributed by atoms with Gasteiger partial charge in [-0.15, -0.1) is 5.92 Å². The third-order valence-corrected chi connectivity index (χ3v) is 2.40. The molecular weight excluding hydrogens is 134 g/mol. The van der Waals surface area contributed by atoms with Crippen molar-refractivity contribution in [1.29, 1.82) is 0 Å². The second-order valence-corrected chi connectivity index (χ2v) is 3.60. The van der Waals surface area contributed by atoms with Crippen LogP contribution in [0.2, 0.25) is 0 Å². The molecule has 1 aliphatic heterocycles. The highest BCUT2D eigenvalue weighted by Crippen LogP contribution is 2.12. The average Bonchev–Trinajstić information content (AvgIpc) is 1.95. The third kappa shape index (κ3) is 2.55. The highest BCUT2D eigenvalue weighted by atomic mass is 15.1. The van der Waals surface area contributed by atoms with Crippen LogP contribution in [0.1, 0.15) is 20.3 Å². The van der Waals surface area contributed by atoms with Gasteiger partial charge < -0.3 is 4.90 Å². The van der Waals surface area contributed by atoms with Crippen LogP contribution in [-0.4, -0.2) is 25.0 Å². The molecule has 0 unspecified atom stereocenters. The van der Waals surface area contributed by atoms with Crippen LogP contribution in [0, 0.1) is 23.7 Å². The molecule has 1 heteroatoms. The number of rotatable bonds is 0. The molecule has 1 heterocycles. The van der Waals surface area contributed by atoms with E-state index in [1.165, 1.54) is 6.54 Å². The molecule has 2 atom stereocenters. The van der Waals surface area contributed by atoms with E-state index in [4.69, 9.17) is 0 Å². The summed E-state index contributed by atoms with van der Waals surface area (Å²) in [5.41, 5.74) is 0. The van der Waals surface area contributed by atoms with Crippen molar-refractivity contribution in [1.82, 2.24) is 4.90 Å². The van der Waals surface area contributed by atoms with Crippen LogP contribution in [0.25, 0.3) is 0 Å². The molecule has 0 radical (unpaired) electrons. The summed E-state index contributed by atoms with van der Waals surface area (Å²) in [6.45, 7) is 6.82. The first-order valence-corrected chi connectivity index (χ1v) is 4.37. The molecule has 1 nitrogen and oxygen atoms in total. The van der Waals surface area contributed by atoms with E-state index in [1.807, 2.05) is 0 Å². The minimum atomic E-state index is 0.567. The Morgan fingerprint density at radius 3 is 2.82 bits per heavy atom. The van der Waals surface area contributed by atoms with Crippen molar-refractivity contribution in [2.45, 2.75) is 20.3 Å². The molecule has 11 heavy (non-hydrogen) atoms. The lowest BCUT2D eigenvalue weighted by molar-refractivity contribution is 0.264. The quantitative estimate of drug-likeness (QED) is 0.475. The molecule has 0 aromatic rings. The van der Waals surface area contributed by atoms with Gasteiger partial charge in [0, 0.05) is 25.4 Å². The first-order chi connectivity index (χ1) is 5.20. The predicted molar refractivity (Wildman–Crippen MR) is 48.2 cm³/mol. The molecule has 1 aliphatic rings. The lowest BCUT2D eigenvalue weighted by Gasteiger charge is -2.24. The molecule has 1 rings (SSSR count). The Hall–Kier alpha value is -0.480. The molecule has 0 amide bonds. The summed E-state index contributed by atoms with van der Waals surface area (Å²) < 4.78 is 0. The molecular formula is C10H17N. The van der Waals surface area contributed by atoms with Crippen molar-refractivity contribution in [3.63, 3.8) is 0 Å². The Morgan fingerprint density at radius 2 is 2.09 bits per heavy atom. The monoisotopic (exact) mass is 151 g/mol. The lowest BCUT2D eigenvalue weighted by atomic mass is 9.95. The van der Waals surface area contributed by atoms with Crippen molar-refractivity contribution in [3.8, 4) is 11.8 Å². The lowest BCUT2D eigenvalue weighted by Crippen LogP contribution is -2.29. The fourth-order valence-corrected chi connectivity index (χ4v) is 1.36. The largest absolute Gasteiger partial charge is 0.305 e. The molecule has 0 bridgehead atoms. The van der Waals surface area contributed by atoms with E-state index >= 15 is 0 Å². The van der Waals surface area contributed by atoms with E-state index in [1.54, 1.807) is 0 Å². The van der Waals surface area contributed by atoms with Gasteiger partial charge in [0.2, 0.25) is 0 Å². The first kappa shape index (κ1) is 8.62. The van der Waals surface area contributed by atoms with Crippen molar-refractivity contribution in [2.24, 2.45) is 11.8 Å². The van der Waals surface area contributed by atoms with Crippen LogP contribution in [-0.2, 0) is 0 Å². The van der Waals surface area contributed by atoms with Gasteiger partial charge in [0.25, 0.3) is 0 Å². The van der Waals surface area contributed by atoms with Gasteiger partial charge >= 0.3 is 0 Å². The first-order valence-electron chi connectivity index (χ1n) is 4.37. The standard InChI is InChI=1S/C10H17N/c1-9-6-4-5-7-11(3)8-10(9)2/h9-10H,5,7-8H2,1-3H3/t9-,10-/m0/s1. The number of hydrogen-bond acceptors (Lipinski definition) is 1. The van der Waals surface area contributed by atoms with Gasteiger partial charge in [0.1, 0.15) is 0 Å². The molecule has 0 spiro atoms. The fourth-order valence-electron chi connectivity index (χ4n) is 1.36. The molecule has 0 saturated heterocycles. The van der Waals surface area contributed by atoms with E-state index in [0.29, 0.717) is 11.8 Å². The highest BCUT2D eigenvalue weighted by Gasteiger charge is 2.13. The molecule has 0 aromatic carbocycles. The average molecular weight is 151 g/mol. The van der Waals surface area contributed by atoms with Crippen LogP contribution in [0.15, 0.2) is 0 Å². The summed E-state index contributed by atoms with van der Waals surface area (Å²) in [6, 6.07) is 0. The SMILES string of the molecule is C[C@H]1C#CCCN(C)C[C@@H]1C. The fraction of sp³-hybridized carbons (Fsp3) is 0.800. The van der Waals surface area contributed by atoms with Gasteiger partial charge in [-0.05, 0) is 13.0 Å². The molecule has 0 fully saturated rings. The van der Waals surface area contributed by atoms with Crippen LogP contribution in [0.4, 0.5) is 0 Å². The van der Waals surface area contributed by atoms with E-state index < -0.39 is 0 Å². The summed E-state index contributed by atoms with van der Waals surface area (Å²) in [6.07, 6.45) is 1.04. The molecule has 0 N–H and O–H groups in total. The summed E-state index contributed by atoms with van der Waals surface area (Å²) in [5.74, 6) is 7.77. The minimum Gasteiger partial charge on any atom is -0.305 e. The summed E-state index contributed by atoms with van der Waals surface area (Å²) in [5, 5.41) is 0. The van der Waals surface area contributed by atoms with Crippen LogP contribution in [0.5, 0.6) is 0 Å². The van der Waals surface area contributed by atoms with Crippen molar-refractivity contribution in [2.75, 3.05) is 20.1 Å². The van der Waals surface area contributed by atoms with Gasteiger partial charge in [-0.1, -0.05) is 19.8 Å². The van der Waals surface area contributed by atoms with Crippen LogP contribution in [0.3, 0.4) is 0 Å². The van der Waals surface area contributed by atoms with Crippen molar-refractivity contribution in [3.05, 3.63) is 0 Å². The summed E-state index contributed by atoms with van der Waals surface area (Å²) in [7, 11) is 2.18. The highest BCUT2D eigenvalue weighted by molar-refractivity contribution is 5.05. The summed E-state index contributed by atoms with van der Waals surface area (Å²) >= 11 is 0. The Labute approximate surface area is 69.8 Å². The van der Waals surface area contributed by atoms with E-state index in [0.717, 1.165) is 13.0 Å². The second kappa shape index (κ2) is 3.78. The van der Waals surface area contributed by atoms with Crippen molar-refractivity contribution >= 4 is 0 Å². The maximum Gasteiger partial charge on any atom is 0.0217 e. The normalized spacial score (nSPS) is 33.4. The molecule has 0 aliphatic carbocycles. The van der Waals surface area contributed by atoms with E-state index in [9.17, 15) is 0 Å². The minimum absolute atomic E-state index is 0.567. The van der Waals surface area contributed by atoms with E-state index in [2.05, 4.69) is 37.6 Å². The number of nitrogens with zero attached hydrogens (tertiary/aromatic N) is 1. The maximum atomic E-state index is 3.28. The zero-order valence-electron chi connectivity index (χ0n) is 7.72.